The summed E-state index contributed by atoms with van der Waals surface area (Å²) < 4.78 is 0. The van der Waals surface area contributed by atoms with Gasteiger partial charge in [-0.3, -0.25) is 9.59 Å². The number of nitrogens with zero attached hydrogens (tertiary/aromatic N) is 1. The van der Waals surface area contributed by atoms with Gasteiger partial charge < -0.3 is 10.2 Å². The van der Waals surface area contributed by atoms with Gasteiger partial charge in [-0.1, -0.05) is 31.2 Å². The molecule has 1 aliphatic heterocycles. The highest BCUT2D eigenvalue weighted by Crippen LogP contribution is 2.16. The van der Waals surface area contributed by atoms with Gasteiger partial charge in [0.1, 0.15) is 0 Å². The van der Waals surface area contributed by atoms with Crippen LogP contribution in [0.4, 0.5) is 0 Å². The van der Waals surface area contributed by atoms with Gasteiger partial charge in [0, 0.05) is 19.6 Å². The van der Waals surface area contributed by atoms with E-state index in [2.05, 4.69) is 12.2 Å². The van der Waals surface area contributed by atoms with Crippen LogP contribution in [0.15, 0.2) is 24.3 Å². The SMILES string of the molecule is Cc1ccccc1CNC(=O)C(=O)N1CCC(C)CC1. The lowest BCUT2D eigenvalue weighted by atomic mass is 9.99. The predicted molar refractivity (Wildman–Crippen MR) is 78.0 cm³/mol. The molecule has 1 heterocycles. The van der Waals surface area contributed by atoms with Crippen molar-refractivity contribution in [3.63, 3.8) is 0 Å². The first kappa shape index (κ1) is 14.6. The third-order valence-electron chi connectivity index (χ3n) is 3.97. The second kappa shape index (κ2) is 6.55. The number of carbonyl (C=O) groups is 2. The molecule has 0 bridgehead atoms. The normalized spacial score (nSPS) is 16.0. The summed E-state index contributed by atoms with van der Waals surface area (Å²) in [6.45, 7) is 5.96. The van der Waals surface area contributed by atoms with Gasteiger partial charge in [0.15, 0.2) is 0 Å². The summed E-state index contributed by atoms with van der Waals surface area (Å²) in [4.78, 5) is 25.6. The summed E-state index contributed by atoms with van der Waals surface area (Å²) in [6.07, 6.45) is 1.97. The van der Waals surface area contributed by atoms with Crippen molar-refractivity contribution in [1.29, 1.82) is 0 Å². The van der Waals surface area contributed by atoms with Gasteiger partial charge >= 0.3 is 11.8 Å². The lowest BCUT2D eigenvalue weighted by molar-refractivity contribution is -0.146. The van der Waals surface area contributed by atoms with Crippen molar-refractivity contribution in [2.24, 2.45) is 5.92 Å². The Labute approximate surface area is 120 Å². The van der Waals surface area contributed by atoms with Crippen molar-refractivity contribution >= 4 is 11.8 Å². The molecule has 0 atom stereocenters. The first-order valence-corrected chi connectivity index (χ1v) is 7.19. The maximum Gasteiger partial charge on any atom is 0.311 e. The fourth-order valence-corrected chi connectivity index (χ4v) is 2.41. The number of amides is 2. The molecular weight excluding hydrogens is 252 g/mol. The maximum atomic E-state index is 12.0. The van der Waals surface area contributed by atoms with Crippen molar-refractivity contribution < 1.29 is 9.59 Å². The Bertz CT molecular complexity index is 491. The average Bonchev–Trinajstić information content (AvgIpc) is 2.46. The second-order valence-electron chi connectivity index (χ2n) is 5.58. The molecule has 2 amide bonds. The Kier molecular flexibility index (Phi) is 4.77. The maximum absolute atomic E-state index is 12.0. The number of piperidine rings is 1. The van der Waals surface area contributed by atoms with Crippen LogP contribution in [-0.4, -0.2) is 29.8 Å². The third-order valence-corrected chi connectivity index (χ3v) is 3.97. The van der Waals surface area contributed by atoms with Crippen LogP contribution < -0.4 is 5.32 Å². The molecule has 4 heteroatoms. The fourth-order valence-electron chi connectivity index (χ4n) is 2.41. The second-order valence-corrected chi connectivity index (χ2v) is 5.58. The molecule has 2 rings (SSSR count). The van der Waals surface area contributed by atoms with Crippen molar-refractivity contribution in [2.45, 2.75) is 33.2 Å². The van der Waals surface area contributed by atoms with E-state index < -0.39 is 11.8 Å². The van der Waals surface area contributed by atoms with Crippen LogP contribution in [0.2, 0.25) is 0 Å². The lowest BCUT2D eigenvalue weighted by Crippen LogP contribution is -2.46. The molecule has 0 radical (unpaired) electrons. The van der Waals surface area contributed by atoms with Gasteiger partial charge in [0.2, 0.25) is 0 Å². The number of benzene rings is 1. The van der Waals surface area contributed by atoms with Crippen LogP contribution in [0.1, 0.15) is 30.9 Å². The van der Waals surface area contributed by atoms with Gasteiger partial charge in [-0.2, -0.15) is 0 Å². The van der Waals surface area contributed by atoms with E-state index in [1.165, 1.54) is 0 Å². The number of hydrogen-bond donors (Lipinski definition) is 1. The number of aryl methyl sites for hydroxylation is 1. The molecule has 1 saturated heterocycles. The number of nitrogens with one attached hydrogen (secondary N) is 1. The molecule has 4 nitrogen and oxygen atoms in total. The molecule has 1 N–H and O–H groups in total. The highest BCUT2D eigenvalue weighted by atomic mass is 16.2. The van der Waals surface area contributed by atoms with Crippen LogP contribution in [0, 0.1) is 12.8 Å². The fraction of sp³-hybridized carbons (Fsp3) is 0.500. The van der Waals surface area contributed by atoms with Gasteiger partial charge in [0.05, 0.1) is 0 Å². The van der Waals surface area contributed by atoms with E-state index in [1.54, 1.807) is 4.90 Å². The molecular formula is C16H22N2O2. The van der Waals surface area contributed by atoms with Crippen LogP contribution in [0.3, 0.4) is 0 Å². The largest absolute Gasteiger partial charge is 0.344 e. The predicted octanol–water partition coefficient (Wildman–Crippen LogP) is 1.87. The van der Waals surface area contributed by atoms with Crippen LogP contribution >= 0.6 is 0 Å². The Morgan fingerprint density at radius 2 is 1.90 bits per heavy atom. The standard InChI is InChI=1S/C16H22N2O2/c1-12-7-9-18(10-8-12)16(20)15(19)17-11-14-6-4-3-5-13(14)2/h3-6,12H,7-11H2,1-2H3,(H,17,19). The molecule has 1 aliphatic rings. The molecule has 1 aromatic carbocycles. The van der Waals surface area contributed by atoms with Crippen LogP contribution in [0.5, 0.6) is 0 Å². The molecule has 0 aliphatic carbocycles. The number of rotatable bonds is 2. The number of likely N-dealkylation sites (tertiary alicyclic amines) is 1. The first-order chi connectivity index (χ1) is 9.58. The lowest BCUT2D eigenvalue weighted by Gasteiger charge is -2.29. The van der Waals surface area contributed by atoms with E-state index in [0.29, 0.717) is 25.6 Å². The number of carbonyl (C=O) groups excluding carboxylic acids is 2. The molecule has 0 aromatic heterocycles. The minimum absolute atomic E-state index is 0.398. The van der Waals surface area contributed by atoms with E-state index in [9.17, 15) is 9.59 Å². The van der Waals surface area contributed by atoms with Crippen LogP contribution in [0.25, 0.3) is 0 Å². The smallest absolute Gasteiger partial charge is 0.311 e. The Morgan fingerprint density at radius 1 is 1.25 bits per heavy atom. The molecule has 1 fully saturated rings. The third kappa shape index (κ3) is 3.59. The van der Waals surface area contributed by atoms with Gasteiger partial charge in [-0.25, -0.2) is 0 Å². The first-order valence-electron chi connectivity index (χ1n) is 7.19. The minimum atomic E-state index is -0.497. The summed E-state index contributed by atoms with van der Waals surface area (Å²) >= 11 is 0. The molecule has 0 unspecified atom stereocenters. The van der Waals surface area contributed by atoms with Crippen molar-refractivity contribution in [3.8, 4) is 0 Å². The topological polar surface area (TPSA) is 49.4 Å². The van der Waals surface area contributed by atoms with E-state index in [-0.39, 0.29) is 0 Å². The summed E-state index contributed by atoms with van der Waals surface area (Å²) in [7, 11) is 0. The van der Waals surface area contributed by atoms with E-state index in [0.717, 1.165) is 24.0 Å². The summed E-state index contributed by atoms with van der Waals surface area (Å²) in [5.41, 5.74) is 2.16. The average molecular weight is 274 g/mol. The van der Waals surface area contributed by atoms with Crippen molar-refractivity contribution in [1.82, 2.24) is 10.2 Å². The van der Waals surface area contributed by atoms with Gasteiger partial charge in [0.25, 0.3) is 0 Å². The zero-order valence-electron chi connectivity index (χ0n) is 12.2. The quantitative estimate of drug-likeness (QED) is 0.837. The van der Waals surface area contributed by atoms with Crippen molar-refractivity contribution in [2.75, 3.05) is 13.1 Å². The van der Waals surface area contributed by atoms with Crippen molar-refractivity contribution in [3.05, 3.63) is 35.4 Å². The van der Waals surface area contributed by atoms with Gasteiger partial charge in [-0.05, 0) is 36.8 Å². The monoisotopic (exact) mass is 274 g/mol. The zero-order valence-corrected chi connectivity index (χ0v) is 12.2. The van der Waals surface area contributed by atoms with E-state index >= 15 is 0 Å². The molecule has 108 valence electrons. The highest BCUT2D eigenvalue weighted by Gasteiger charge is 2.25. The van der Waals surface area contributed by atoms with Gasteiger partial charge in [-0.15, -0.1) is 0 Å². The molecule has 0 saturated carbocycles. The van der Waals surface area contributed by atoms with Crippen LogP contribution in [-0.2, 0) is 16.1 Å². The van der Waals surface area contributed by atoms with E-state index in [4.69, 9.17) is 0 Å². The Hall–Kier alpha value is -1.84. The summed E-state index contributed by atoms with van der Waals surface area (Å²) in [5, 5.41) is 2.72. The summed E-state index contributed by atoms with van der Waals surface area (Å²) in [6, 6.07) is 7.85. The minimum Gasteiger partial charge on any atom is -0.344 e. The zero-order chi connectivity index (χ0) is 14.5. The summed E-state index contributed by atoms with van der Waals surface area (Å²) in [5.74, 6) is -0.248. The Balaban J connectivity index is 1.86. The van der Waals surface area contributed by atoms with E-state index in [1.807, 2.05) is 31.2 Å². The molecule has 0 spiro atoms. The highest BCUT2D eigenvalue weighted by molar-refractivity contribution is 6.34. The molecule has 1 aromatic rings. The Morgan fingerprint density at radius 3 is 2.55 bits per heavy atom. The number of hydrogen-bond acceptors (Lipinski definition) is 2. The molecule has 20 heavy (non-hydrogen) atoms.